The monoisotopic (exact) mass is 333 g/mol. The van der Waals surface area contributed by atoms with Crippen molar-refractivity contribution < 1.29 is 8.42 Å². The topological polar surface area (TPSA) is 66.1 Å². The summed E-state index contributed by atoms with van der Waals surface area (Å²) in [6, 6.07) is 8.55. The molecule has 1 N–H and O–H groups in total. The summed E-state index contributed by atoms with van der Waals surface area (Å²) in [6.45, 7) is 4.91. The lowest BCUT2D eigenvalue weighted by Crippen LogP contribution is -2.34. The van der Waals surface area contributed by atoms with Crippen molar-refractivity contribution in [2.75, 3.05) is 19.3 Å². The molecule has 0 radical (unpaired) electrons. The molecule has 5 nitrogen and oxygen atoms in total. The first-order chi connectivity index (χ1) is 10.9. The van der Waals surface area contributed by atoms with E-state index in [4.69, 9.17) is 0 Å². The highest BCUT2D eigenvalue weighted by Crippen LogP contribution is 2.30. The van der Waals surface area contributed by atoms with Crippen molar-refractivity contribution in [3.05, 3.63) is 47.3 Å². The van der Waals surface area contributed by atoms with Crippen LogP contribution in [0.25, 0.3) is 0 Å². The van der Waals surface area contributed by atoms with Crippen molar-refractivity contribution in [3.8, 4) is 0 Å². The van der Waals surface area contributed by atoms with Crippen LogP contribution in [-0.2, 0) is 16.4 Å². The third kappa shape index (κ3) is 3.82. The van der Waals surface area contributed by atoms with Gasteiger partial charge in [-0.2, -0.15) is 5.10 Å². The second-order valence-corrected chi connectivity index (χ2v) is 8.47. The molecular weight excluding hydrogens is 310 g/mol. The van der Waals surface area contributed by atoms with Gasteiger partial charge >= 0.3 is 0 Å². The fourth-order valence-corrected chi connectivity index (χ4v) is 4.23. The zero-order valence-corrected chi connectivity index (χ0v) is 14.4. The molecule has 1 aliphatic heterocycles. The Morgan fingerprint density at radius 2 is 2.22 bits per heavy atom. The first kappa shape index (κ1) is 16.2. The van der Waals surface area contributed by atoms with Crippen LogP contribution in [0.4, 0.5) is 0 Å². The molecule has 1 fully saturated rings. The standard InChI is InChI=1S/C17H23N3O2S/c1-13-5-3-6-14(9-13)11-20-8-4-7-15(12-20)17-16(10-18-19-17)23(2,21)22/h3,5-6,9-10,15H,4,7-8,11-12H2,1-2H3,(H,18,19)/t15-/m0/s1. The lowest BCUT2D eigenvalue weighted by atomic mass is 9.94. The van der Waals surface area contributed by atoms with E-state index in [0.29, 0.717) is 4.90 Å². The summed E-state index contributed by atoms with van der Waals surface area (Å²) in [7, 11) is -3.23. The highest BCUT2D eigenvalue weighted by molar-refractivity contribution is 7.90. The van der Waals surface area contributed by atoms with E-state index in [0.717, 1.165) is 38.2 Å². The minimum atomic E-state index is -3.23. The second-order valence-electron chi connectivity index (χ2n) is 6.48. The van der Waals surface area contributed by atoms with Gasteiger partial charge in [-0.1, -0.05) is 29.8 Å². The molecule has 0 amide bonds. The van der Waals surface area contributed by atoms with Crippen LogP contribution in [0.5, 0.6) is 0 Å². The summed E-state index contributed by atoms with van der Waals surface area (Å²) < 4.78 is 23.8. The number of hydrogen-bond donors (Lipinski definition) is 1. The zero-order valence-electron chi connectivity index (χ0n) is 13.6. The molecule has 0 aliphatic carbocycles. The maximum Gasteiger partial charge on any atom is 0.178 e. The largest absolute Gasteiger partial charge is 0.298 e. The van der Waals surface area contributed by atoms with Gasteiger partial charge in [0.15, 0.2) is 9.84 Å². The molecule has 0 bridgehead atoms. The van der Waals surface area contributed by atoms with Crippen LogP contribution in [0.3, 0.4) is 0 Å². The number of benzene rings is 1. The number of H-pyrrole nitrogens is 1. The van der Waals surface area contributed by atoms with E-state index in [1.807, 2.05) is 0 Å². The second kappa shape index (κ2) is 6.45. The summed E-state index contributed by atoms with van der Waals surface area (Å²) >= 11 is 0. The van der Waals surface area contributed by atoms with E-state index < -0.39 is 9.84 Å². The average molecular weight is 333 g/mol. The molecule has 2 aromatic rings. The Morgan fingerprint density at radius 1 is 1.39 bits per heavy atom. The zero-order chi connectivity index (χ0) is 16.4. The summed E-state index contributed by atoms with van der Waals surface area (Å²) in [5, 5.41) is 6.88. The van der Waals surface area contributed by atoms with Crippen molar-refractivity contribution in [1.82, 2.24) is 15.1 Å². The highest BCUT2D eigenvalue weighted by Gasteiger charge is 2.27. The molecule has 1 aliphatic rings. The van der Waals surface area contributed by atoms with Crippen LogP contribution in [0.1, 0.15) is 35.6 Å². The van der Waals surface area contributed by atoms with Crippen LogP contribution in [0.2, 0.25) is 0 Å². The highest BCUT2D eigenvalue weighted by atomic mass is 32.2. The van der Waals surface area contributed by atoms with Crippen LogP contribution >= 0.6 is 0 Å². The van der Waals surface area contributed by atoms with Gasteiger partial charge in [-0.05, 0) is 31.9 Å². The average Bonchev–Trinajstić information content (AvgIpc) is 2.97. The van der Waals surface area contributed by atoms with E-state index in [1.165, 1.54) is 23.6 Å². The van der Waals surface area contributed by atoms with Gasteiger partial charge in [0.2, 0.25) is 0 Å². The first-order valence-electron chi connectivity index (χ1n) is 7.94. The molecule has 2 heterocycles. The van der Waals surface area contributed by atoms with Crippen molar-refractivity contribution in [2.45, 2.75) is 37.1 Å². The lowest BCUT2D eigenvalue weighted by Gasteiger charge is -2.32. The lowest BCUT2D eigenvalue weighted by molar-refractivity contribution is 0.197. The van der Waals surface area contributed by atoms with Crippen LogP contribution in [0, 0.1) is 6.92 Å². The van der Waals surface area contributed by atoms with E-state index in [2.05, 4.69) is 46.3 Å². The van der Waals surface area contributed by atoms with Gasteiger partial charge in [0, 0.05) is 25.3 Å². The summed E-state index contributed by atoms with van der Waals surface area (Å²) in [6.07, 6.45) is 4.74. The van der Waals surface area contributed by atoms with Gasteiger partial charge in [-0.25, -0.2) is 8.42 Å². The van der Waals surface area contributed by atoms with Gasteiger partial charge in [-0.15, -0.1) is 0 Å². The number of hydrogen-bond acceptors (Lipinski definition) is 4. The number of likely N-dealkylation sites (tertiary alicyclic amines) is 1. The third-order valence-corrected chi connectivity index (χ3v) is 5.56. The van der Waals surface area contributed by atoms with Crippen LogP contribution in [-0.4, -0.2) is 42.9 Å². The fraction of sp³-hybridized carbons (Fsp3) is 0.471. The number of aromatic amines is 1. The van der Waals surface area contributed by atoms with E-state index in [-0.39, 0.29) is 5.92 Å². The number of nitrogens with zero attached hydrogens (tertiary/aromatic N) is 2. The Morgan fingerprint density at radius 3 is 2.96 bits per heavy atom. The minimum absolute atomic E-state index is 0.195. The third-order valence-electron chi connectivity index (χ3n) is 4.43. The van der Waals surface area contributed by atoms with E-state index in [1.54, 1.807) is 0 Å². The van der Waals surface area contributed by atoms with Crippen molar-refractivity contribution in [1.29, 1.82) is 0 Å². The van der Waals surface area contributed by atoms with E-state index in [9.17, 15) is 8.42 Å². The normalized spacial score (nSPS) is 19.8. The fourth-order valence-electron chi connectivity index (χ4n) is 3.38. The van der Waals surface area contributed by atoms with Crippen molar-refractivity contribution >= 4 is 9.84 Å². The molecule has 1 aromatic carbocycles. The molecule has 124 valence electrons. The number of rotatable bonds is 4. The molecule has 23 heavy (non-hydrogen) atoms. The molecule has 0 saturated carbocycles. The van der Waals surface area contributed by atoms with Gasteiger partial charge in [0.05, 0.1) is 11.9 Å². The van der Waals surface area contributed by atoms with Crippen LogP contribution < -0.4 is 0 Å². The molecule has 0 spiro atoms. The number of sulfone groups is 1. The quantitative estimate of drug-likeness (QED) is 0.933. The van der Waals surface area contributed by atoms with Gasteiger partial charge in [-0.3, -0.25) is 10.00 Å². The van der Waals surface area contributed by atoms with Crippen molar-refractivity contribution in [2.24, 2.45) is 0 Å². The molecule has 3 rings (SSSR count). The van der Waals surface area contributed by atoms with Gasteiger partial charge < -0.3 is 0 Å². The predicted octanol–water partition coefficient (Wildman–Crippen LogP) is 2.50. The smallest absolute Gasteiger partial charge is 0.178 e. The Hall–Kier alpha value is -1.66. The first-order valence-corrected chi connectivity index (χ1v) is 9.84. The minimum Gasteiger partial charge on any atom is -0.298 e. The Kier molecular flexibility index (Phi) is 4.55. The van der Waals surface area contributed by atoms with Crippen LogP contribution in [0.15, 0.2) is 35.4 Å². The molecule has 0 unspecified atom stereocenters. The Balaban J connectivity index is 1.75. The van der Waals surface area contributed by atoms with E-state index >= 15 is 0 Å². The van der Waals surface area contributed by atoms with Gasteiger partial charge in [0.1, 0.15) is 4.90 Å². The van der Waals surface area contributed by atoms with Crippen molar-refractivity contribution in [3.63, 3.8) is 0 Å². The summed E-state index contributed by atoms with van der Waals surface area (Å²) in [4.78, 5) is 2.75. The number of aryl methyl sites for hydroxylation is 1. The molecule has 1 aromatic heterocycles. The Labute approximate surface area is 137 Å². The molecular formula is C17H23N3O2S. The maximum atomic E-state index is 11.9. The maximum absolute atomic E-state index is 11.9. The predicted molar refractivity (Wildman–Crippen MR) is 90.1 cm³/mol. The summed E-state index contributed by atoms with van der Waals surface area (Å²) in [5.74, 6) is 0.195. The summed E-state index contributed by atoms with van der Waals surface area (Å²) in [5.41, 5.74) is 3.34. The number of piperidine rings is 1. The van der Waals surface area contributed by atoms with Gasteiger partial charge in [0.25, 0.3) is 0 Å². The molecule has 1 atom stereocenters. The molecule has 6 heteroatoms. The number of nitrogens with one attached hydrogen (secondary N) is 1. The Bertz CT molecular complexity index is 783. The SMILES string of the molecule is Cc1cccc(CN2CCC[C@H](c3[nH]ncc3S(C)(=O)=O)C2)c1. The number of aromatic nitrogens is 2. The molecule has 1 saturated heterocycles.